The first-order valence-corrected chi connectivity index (χ1v) is 6.07. The van der Waals surface area contributed by atoms with E-state index in [2.05, 4.69) is 22.0 Å². The van der Waals surface area contributed by atoms with Crippen LogP contribution in [0.15, 0.2) is 0 Å². The van der Waals surface area contributed by atoms with E-state index >= 15 is 0 Å². The number of nitrogens with one attached hydrogen (secondary N) is 1. The van der Waals surface area contributed by atoms with Crippen LogP contribution in [-0.4, -0.2) is 61.7 Å². The van der Waals surface area contributed by atoms with Crippen LogP contribution in [-0.2, 0) is 0 Å². The third kappa shape index (κ3) is 2.47. The van der Waals surface area contributed by atoms with Crippen LogP contribution in [0.25, 0.3) is 0 Å². The third-order valence-corrected chi connectivity index (χ3v) is 3.59. The van der Waals surface area contributed by atoms with Crippen LogP contribution in [0.1, 0.15) is 19.8 Å². The number of hydrogen-bond donors (Lipinski definition) is 1. The van der Waals surface area contributed by atoms with Crippen LogP contribution >= 0.6 is 0 Å². The summed E-state index contributed by atoms with van der Waals surface area (Å²) in [6, 6.07) is 0.842. The molecule has 1 N–H and O–H groups in total. The smallest absolute Gasteiger partial charge is 0.0235 e. The van der Waals surface area contributed by atoms with E-state index < -0.39 is 0 Å². The standard InChI is InChI=1S/C11H23N3/c1-2-13-8-4-11(10-13)14-7-3-5-12-6-9-14/h11-12H,2-10H2,1H3. The lowest BCUT2D eigenvalue weighted by Gasteiger charge is -2.27. The number of hydrogen-bond acceptors (Lipinski definition) is 3. The summed E-state index contributed by atoms with van der Waals surface area (Å²) in [7, 11) is 0. The van der Waals surface area contributed by atoms with Crippen LogP contribution in [0.2, 0.25) is 0 Å². The molecule has 0 aliphatic carbocycles. The summed E-state index contributed by atoms with van der Waals surface area (Å²) in [6.07, 6.45) is 2.70. The molecule has 2 aliphatic heterocycles. The first-order valence-electron chi connectivity index (χ1n) is 6.07. The molecule has 0 bridgehead atoms. The molecule has 3 nitrogen and oxygen atoms in total. The van der Waals surface area contributed by atoms with Crippen LogP contribution in [0.4, 0.5) is 0 Å². The molecule has 3 heteroatoms. The zero-order chi connectivity index (χ0) is 9.80. The SMILES string of the molecule is CCN1CCC(N2CCCNCC2)C1. The van der Waals surface area contributed by atoms with Crippen LogP contribution in [0.3, 0.4) is 0 Å². The zero-order valence-electron chi connectivity index (χ0n) is 9.34. The summed E-state index contributed by atoms with van der Waals surface area (Å²) >= 11 is 0. The van der Waals surface area contributed by atoms with Gasteiger partial charge in [0.1, 0.15) is 0 Å². The molecule has 0 saturated carbocycles. The Morgan fingerprint density at radius 2 is 2.14 bits per heavy atom. The molecule has 2 heterocycles. The van der Waals surface area contributed by atoms with Gasteiger partial charge in [-0.2, -0.15) is 0 Å². The van der Waals surface area contributed by atoms with Crippen molar-refractivity contribution in [1.82, 2.24) is 15.1 Å². The molecule has 0 spiro atoms. The highest BCUT2D eigenvalue weighted by Crippen LogP contribution is 2.15. The molecule has 82 valence electrons. The molecule has 2 aliphatic rings. The lowest BCUT2D eigenvalue weighted by atomic mass is 10.2. The fraction of sp³-hybridized carbons (Fsp3) is 1.00. The molecule has 0 aromatic heterocycles. The average Bonchev–Trinajstić information content (AvgIpc) is 2.53. The van der Waals surface area contributed by atoms with Gasteiger partial charge in [0.25, 0.3) is 0 Å². The molecular formula is C11H23N3. The quantitative estimate of drug-likeness (QED) is 0.690. The van der Waals surface area contributed by atoms with Gasteiger partial charge in [0, 0.05) is 25.7 Å². The van der Waals surface area contributed by atoms with E-state index in [1.165, 1.54) is 58.7 Å². The number of likely N-dealkylation sites (N-methyl/N-ethyl adjacent to an activating group) is 1. The molecule has 0 aromatic rings. The van der Waals surface area contributed by atoms with Gasteiger partial charge in [0.2, 0.25) is 0 Å². The fourth-order valence-corrected chi connectivity index (χ4v) is 2.63. The topological polar surface area (TPSA) is 18.5 Å². The third-order valence-electron chi connectivity index (χ3n) is 3.59. The maximum absolute atomic E-state index is 3.47. The molecule has 1 unspecified atom stereocenters. The number of likely N-dealkylation sites (tertiary alicyclic amines) is 1. The van der Waals surface area contributed by atoms with Crippen molar-refractivity contribution in [3.63, 3.8) is 0 Å². The summed E-state index contributed by atoms with van der Waals surface area (Å²) in [5.74, 6) is 0. The predicted octanol–water partition coefficient (Wildman–Crippen LogP) is 0.376. The van der Waals surface area contributed by atoms with Gasteiger partial charge < -0.3 is 10.2 Å². The maximum Gasteiger partial charge on any atom is 0.0235 e. The van der Waals surface area contributed by atoms with Crippen molar-refractivity contribution in [3.8, 4) is 0 Å². The van der Waals surface area contributed by atoms with Crippen molar-refractivity contribution >= 4 is 0 Å². The maximum atomic E-state index is 3.47. The lowest BCUT2D eigenvalue weighted by molar-refractivity contribution is 0.206. The van der Waals surface area contributed by atoms with E-state index in [0.29, 0.717) is 0 Å². The van der Waals surface area contributed by atoms with Gasteiger partial charge in [-0.1, -0.05) is 6.92 Å². The fourth-order valence-electron chi connectivity index (χ4n) is 2.63. The van der Waals surface area contributed by atoms with Gasteiger partial charge in [-0.25, -0.2) is 0 Å². The van der Waals surface area contributed by atoms with Gasteiger partial charge in [-0.15, -0.1) is 0 Å². The molecule has 2 rings (SSSR count). The van der Waals surface area contributed by atoms with Crippen molar-refractivity contribution in [1.29, 1.82) is 0 Å². The van der Waals surface area contributed by atoms with Crippen LogP contribution in [0.5, 0.6) is 0 Å². The first kappa shape index (κ1) is 10.4. The van der Waals surface area contributed by atoms with Crippen LogP contribution in [0, 0.1) is 0 Å². The molecule has 0 aromatic carbocycles. The highest BCUT2D eigenvalue weighted by molar-refractivity contribution is 4.84. The van der Waals surface area contributed by atoms with Gasteiger partial charge >= 0.3 is 0 Å². The predicted molar refractivity (Wildman–Crippen MR) is 59.6 cm³/mol. The average molecular weight is 197 g/mol. The van der Waals surface area contributed by atoms with Crippen molar-refractivity contribution in [2.75, 3.05) is 45.8 Å². The van der Waals surface area contributed by atoms with E-state index in [0.717, 1.165) is 6.04 Å². The second-order valence-electron chi connectivity index (χ2n) is 4.48. The van der Waals surface area contributed by atoms with Crippen molar-refractivity contribution in [3.05, 3.63) is 0 Å². The van der Waals surface area contributed by atoms with Crippen molar-refractivity contribution in [2.24, 2.45) is 0 Å². The number of rotatable bonds is 2. The summed E-state index contributed by atoms with van der Waals surface area (Å²) in [6.45, 7) is 11.1. The molecule has 2 saturated heterocycles. The highest BCUT2D eigenvalue weighted by atomic mass is 15.3. The summed E-state index contributed by atoms with van der Waals surface area (Å²) in [5.41, 5.74) is 0. The Labute approximate surface area is 87.4 Å². The van der Waals surface area contributed by atoms with Gasteiger partial charge in [0.15, 0.2) is 0 Å². The first-order chi connectivity index (χ1) is 6.90. The molecule has 0 radical (unpaired) electrons. The largest absolute Gasteiger partial charge is 0.315 e. The Balaban J connectivity index is 1.82. The minimum absolute atomic E-state index is 0.842. The van der Waals surface area contributed by atoms with Crippen molar-refractivity contribution < 1.29 is 0 Å². The highest BCUT2D eigenvalue weighted by Gasteiger charge is 2.26. The van der Waals surface area contributed by atoms with Crippen molar-refractivity contribution in [2.45, 2.75) is 25.8 Å². The van der Waals surface area contributed by atoms with Gasteiger partial charge in [0.05, 0.1) is 0 Å². The molecule has 14 heavy (non-hydrogen) atoms. The molecule has 1 atom stereocenters. The van der Waals surface area contributed by atoms with E-state index in [4.69, 9.17) is 0 Å². The van der Waals surface area contributed by atoms with Crippen LogP contribution < -0.4 is 5.32 Å². The monoisotopic (exact) mass is 197 g/mol. The Morgan fingerprint density at radius 3 is 2.93 bits per heavy atom. The molecular weight excluding hydrogens is 174 g/mol. The summed E-state index contributed by atoms with van der Waals surface area (Å²) in [4.78, 5) is 5.26. The zero-order valence-corrected chi connectivity index (χ0v) is 9.34. The normalized spacial score (nSPS) is 31.9. The number of nitrogens with zero attached hydrogens (tertiary/aromatic N) is 2. The molecule has 2 fully saturated rings. The van der Waals surface area contributed by atoms with Gasteiger partial charge in [-0.05, 0) is 39.0 Å². The second kappa shape index (κ2) is 5.10. The Bertz CT molecular complexity index is 164. The van der Waals surface area contributed by atoms with E-state index in [-0.39, 0.29) is 0 Å². The van der Waals surface area contributed by atoms with E-state index in [1.807, 2.05) is 0 Å². The van der Waals surface area contributed by atoms with E-state index in [1.54, 1.807) is 0 Å². The Morgan fingerprint density at radius 1 is 1.21 bits per heavy atom. The summed E-state index contributed by atoms with van der Waals surface area (Å²) < 4.78 is 0. The van der Waals surface area contributed by atoms with E-state index in [9.17, 15) is 0 Å². The molecule has 0 amide bonds. The Kier molecular flexibility index (Phi) is 3.79. The second-order valence-corrected chi connectivity index (χ2v) is 4.48. The summed E-state index contributed by atoms with van der Waals surface area (Å²) in [5, 5.41) is 3.47. The minimum Gasteiger partial charge on any atom is -0.315 e. The Hall–Kier alpha value is -0.120. The minimum atomic E-state index is 0.842. The van der Waals surface area contributed by atoms with Gasteiger partial charge in [-0.3, -0.25) is 4.90 Å². The lowest BCUT2D eigenvalue weighted by Crippen LogP contribution is -2.39.